The van der Waals surface area contributed by atoms with E-state index in [4.69, 9.17) is 17.0 Å². The Morgan fingerprint density at radius 1 is 1.12 bits per heavy atom. The molecule has 3 N–H and O–H groups in total. The number of nitrogens with one attached hydrogen (secondary N) is 3. The smallest absolute Gasteiger partial charge is 0.259 e. The van der Waals surface area contributed by atoms with Crippen molar-refractivity contribution in [2.75, 3.05) is 18.4 Å². The molecule has 0 aromatic heterocycles. The van der Waals surface area contributed by atoms with E-state index in [1.165, 1.54) is 18.2 Å². The molecule has 0 aliphatic carbocycles. The van der Waals surface area contributed by atoms with Crippen molar-refractivity contribution in [3.8, 4) is 0 Å². The Bertz CT molecular complexity index is 1150. The van der Waals surface area contributed by atoms with Gasteiger partial charge < -0.3 is 15.5 Å². The van der Waals surface area contributed by atoms with E-state index in [-0.39, 0.29) is 17.1 Å². The van der Waals surface area contributed by atoms with Crippen LogP contribution >= 0.6 is 11.6 Å². The number of nitrogens with zero attached hydrogens (tertiary/aromatic N) is 2. The third-order valence-corrected chi connectivity index (χ3v) is 5.08. The number of hydrogen-bond donors (Lipinski definition) is 3. The number of allylic oxidation sites excluding steroid dienone is 3. The van der Waals surface area contributed by atoms with Gasteiger partial charge in [0.15, 0.2) is 0 Å². The molecule has 3 rings (SSSR count). The van der Waals surface area contributed by atoms with Gasteiger partial charge in [0.05, 0.1) is 11.3 Å². The second-order valence-electron chi connectivity index (χ2n) is 7.33. The van der Waals surface area contributed by atoms with E-state index < -0.39 is 17.6 Å². The van der Waals surface area contributed by atoms with Crippen LogP contribution in [0.4, 0.5) is 10.1 Å². The van der Waals surface area contributed by atoms with Gasteiger partial charge in [-0.3, -0.25) is 15.0 Å². The molecule has 2 aromatic rings. The summed E-state index contributed by atoms with van der Waals surface area (Å²) in [5.74, 6) is -1.26. The summed E-state index contributed by atoms with van der Waals surface area (Å²) in [5.41, 5.74) is 1.09. The molecule has 0 saturated carbocycles. The summed E-state index contributed by atoms with van der Waals surface area (Å²) < 4.78 is 13.9. The molecule has 0 bridgehead atoms. The van der Waals surface area contributed by atoms with Gasteiger partial charge in [0.2, 0.25) is 0 Å². The van der Waals surface area contributed by atoms with Crippen LogP contribution in [0.1, 0.15) is 39.6 Å². The molecule has 1 aliphatic rings. The van der Waals surface area contributed by atoms with E-state index in [9.17, 15) is 14.0 Å². The molecule has 2 aromatic carbocycles. The molecule has 0 radical (unpaired) electrons. The molecule has 1 heterocycles. The normalized spacial score (nSPS) is 13.7. The van der Waals surface area contributed by atoms with Gasteiger partial charge in [0.25, 0.3) is 11.8 Å². The lowest BCUT2D eigenvalue weighted by Crippen LogP contribution is -2.42. The second kappa shape index (κ2) is 10.7. The van der Waals surface area contributed by atoms with Crippen molar-refractivity contribution in [3.05, 3.63) is 88.0 Å². The highest BCUT2D eigenvalue weighted by Crippen LogP contribution is 2.20. The fourth-order valence-corrected chi connectivity index (χ4v) is 3.08. The average Bonchev–Trinajstić information content (AvgIpc) is 2.76. The Hall–Kier alpha value is -3.78. The highest BCUT2D eigenvalue weighted by atomic mass is 35.5. The summed E-state index contributed by atoms with van der Waals surface area (Å²) in [6.07, 6.45) is 4.04. The molecular weight excluding hydrogens is 445 g/mol. The van der Waals surface area contributed by atoms with E-state index in [0.29, 0.717) is 22.0 Å². The second-order valence-corrected chi connectivity index (χ2v) is 7.92. The Labute approximate surface area is 196 Å². The van der Waals surface area contributed by atoms with E-state index in [1.54, 1.807) is 31.2 Å². The number of amidine groups is 1. The SMILES string of the molecule is C=N/C(=C\C=C(/C)Cl)NC(=O)c1cc(F)ccc1NC(=O)c1ccc(C(=N)N2CCC2)cc1. The van der Waals surface area contributed by atoms with Gasteiger partial charge in [-0.15, -0.1) is 0 Å². The maximum atomic E-state index is 13.9. The topological polar surface area (TPSA) is 97.6 Å². The fraction of sp³-hybridized carbons (Fsp3) is 0.167. The van der Waals surface area contributed by atoms with E-state index >= 15 is 0 Å². The van der Waals surface area contributed by atoms with Crippen LogP contribution in [0.3, 0.4) is 0 Å². The van der Waals surface area contributed by atoms with Crippen LogP contribution in [0, 0.1) is 11.2 Å². The number of anilines is 1. The summed E-state index contributed by atoms with van der Waals surface area (Å²) >= 11 is 5.78. The molecular formula is C24H23ClFN5O2. The number of benzene rings is 2. The first-order chi connectivity index (χ1) is 15.8. The Morgan fingerprint density at radius 3 is 2.36 bits per heavy atom. The zero-order chi connectivity index (χ0) is 24.0. The van der Waals surface area contributed by atoms with Gasteiger partial charge >= 0.3 is 0 Å². The Morgan fingerprint density at radius 2 is 1.79 bits per heavy atom. The maximum absolute atomic E-state index is 13.9. The highest BCUT2D eigenvalue weighted by Gasteiger charge is 2.19. The van der Waals surface area contributed by atoms with Crippen LogP contribution in [-0.2, 0) is 0 Å². The van der Waals surface area contributed by atoms with Crippen LogP contribution in [0.15, 0.2) is 70.5 Å². The van der Waals surface area contributed by atoms with Crippen molar-refractivity contribution in [1.29, 1.82) is 5.41 Å². The zero-order valence-corrected chi connectivity index (χ0v) is 18.7. The summed E-state index contributed by atoms with van der Waals surface area (Å²) in [6, 6.07) is 10.1. The highest BCUT2D eigenvalue weighted by molar-refractivity contribution is 6.29. The molecule has 0 unspecified atom stereocenters. The van der Waals surface area contributed by atoms with Crippen molar-refractivity contribution in [3.63, 3.8) is 0 Å². The molecule has 0 spiro atoms. The van der Waals surface area contributed by atoms with Gasteiger partial charge in [0.1, 0.15) is 17.5 Å². The van der Waals surface area contributed by atoms with E-state index in [1.807, 2.05) is 4.90 Å². The zero-order valence-electron chi connectivity index (χ0n) is 18.0. The minimum Gasteiger partial charge on any atom is -0.356 e. The monoisotopic (exact) mass is 467 g/mol. The van der Waals surface area contributed by atoms with Crippen LogP contribution < -0.4 is 10.6 Å². The maximum Gasteiger partial charge on any atom is 0.259 e. The fourth-order valence-electron chi connectivity index (χ4n) is 3.02. The lowest BCUT2D eigenvalue weighted by atomic mass is 10.1. The number of carbonyl (C=O) groups is 2. The quantitative estimate of drug-likeness (QED) is 0.317. The number of aliphatic imine (C=N–C) groups is 1. The first kappa shape index (κ1) is 23.9. The molecule has 33 heavy (non-hydrogen) atoms. The van der Waals surface area contributed by atoms with Gasteiger partial charge in [-0.05, 0) is 62.5 Å². The Balaban J connectivity index is 1.77. The number of likely N-dealkylation sites (tertiary alicyclic amines) is 1. The first-order valence-corrected chi connectivity index (χ1v) is 10.5. The molecule has 170 valence electrons. The predicted molar refractivity (Wildman–Crippen MR) is 129 cm³/mol. The van der Waals surface area contributed by atoms with Gasteiger partial charge in [-0.2, -0.15) is 0 Å². The largest absolute Gasteiger partial charge is 0.356 e. The third kappa shape index (κ3) is 6.14. The Kier molecular flexibility index (Phi) is 7.74. The van der Waals surface area contributed by atoms with E-state index in [2.05, 4.69) is 22.3 Å². The van der Waals surface area contributed by atoms with Crippen LogP contribution in [-0.4, -0.2) is 42.4 Å². The van der Waals surface area contributed by atoms with Crippen LogP contribution in [0.5, 0.6) is 0 Å². The van der Waals surface area contributed by atoms with E-state index in [0.717, 1.165) is 31.6 Å². The minimum absolute atomic E-state index is 0.0827. The molecule has 1 saturated heterocycles. The van der Waals surface area contributed by atoms with Crippen LogP contribution in [0.2, 0.25) is 0 Å². The lowest BCUT2D eigenvalue weighted by Gasteiger charge is -2.33. The molecule has 7 nitrogen and oxygen atoms in total. The minimum atomic E-state index is -0.678. The number of carbonyl (C=O) groups excluding carboxylic acids is 2. The van der Waals surface area contributed by atoms with Crippen molar-refractivity contribution >= 4 is 41.7 Å². The van der Waals surface area contributed by atoms with Gasteiger partial charge in [-0.1, -0.05) is 23.7 Å². The van der Waals surface area contributed by atoms with Crippen molar-refractivity contribution in [2.45, 2.75) is 13.3 Å². The molecule has 9 heteroatoms. The molecule has 1 aliphatic heterocycles. The van der Waals surface area contributed by atoms with Gasteiger partial charge in [0, 0.05) is 29.2 Å². The summed E-state index contributed by atoms with van der Waals surface area (Å²) in [7, 11) is 0. The molecule has 2 amide bonds. The van der Waals surface area contributed by atoms with Crippen molar-refractivity contribution < 1.29 is 14.0 Å². The number of amides is 2. The van der Waals surface area contributed by atoms with Crippen molar-refractivity contribution in [1.82, 2.24) is 10.2 Å². The van der Waals surface area contributed by atoms with Crippen LogP contribution in [0.25, 0.3) is 0 Å². The summed E-state index contributed by atoms with van der Waals surface area (Å²) in [5, 5.41) is 13.8. The molecule has 1 fully saturated rings. The third-order valence-electron chi connectivity index (χ3n) is 4.95. The standard InChI is InChI=1S/C24H23ClFN5O2/c1-15(25)4-11-21(28-2)30-24(33)19-14-18(26)9-10-20(19)29-23(32)17-7-5-16(6-8-17)22(27)31-12-3-13-31/h4-11,14,27H,2-3,12-13H2,1H3,(H,29,32)(H,30,33)/b15-4+,21-11+,27-22?. The number of hydrogen-bond acceptors (Lipinski definition) is 4. The van der Waals surface area contributed by atoms with Gasteiger partial charge in [-0.25, -0.2) is 9.38 Å². The number of halogens is 2. The summed E-state index contributed by atoms with van der Waals surface area (Å²) in [6.45, 7) is 6.76. The number of rotatable bonds is 7. The lowest BCUT2D eigenvalue weighted by molar-refractivity contribution is 0.0966. The predicted octanol–water partition coefficient (Wildman–Crippen LogP) is 4.52. The van der Waals surface area contributed by atoms with Crippen molar-refractivity contribution in [2.24, 2.45) is 4.99 Å². The average molecular weight is 468 g/mol. The molecule has 0 atom stereocenters. The summed E-state index contributed by atoms with van der Waals surface area (Å²) in [4.78, 5) is 31.1. The first-order valence-electron chi connectivity index (χ1n) is 10.2.